The molecular weight excluding hydrogens is 492 g/mol. The lowest BCUT2D eigenvalue weighted by Gasteiger charge is -2.36. The van der Waals surface area contributed by atoms with E-state index in [4.69, 9.17) is 47.0 Å². The fraction of sp³-hybridized carbons (Fsp3) is 0.273. The molecule has 2 heterocycles. The van der Waals surface area contributed by atoms with E-state index in [9.17, 15) is 4.39 Å². The van der Waals surface area contributed by atoms with Crippen LogP contribution in [-0.4, -0.2) is 50.9 Å². The van der Waals surface area contributed by atoms with Crippen LogP contribution in [0.2, 0.25) is 15.1 Å². The molecule has 4 rings (SSSR count). The summed E-state index contributed by atoms with van der Waals surface area (Å²) >= 11 is 23.9. The quantitative estimate of drug-likeness (QED) is 0.454. The monoisotopic (exact) mass is 511 g/mol. The molecule has 0 saturated carbocycles. The fourth-order valence-corrected chi connectivity index (χ4v) is 4.55. The molecule has 1 N–H and O–H groups in total. The van der Waals surface area contributed by atoms with E-state index in [0.29, 0.717) is 38.8 Å². The Kier molecular flexibility index (Phi) is 7.53. The van der Waals surface area contributed by atoms with Gasteiger partial charge in [-0.25, -0.2) is 4.39 Å². The third-order valence-electron chi connectivity index (χ3n) is 5.33. The highest BCUT2D eigenvalue weighted by molar-refractivity contribution is 7.80. The van der Waals surface area contributed by atoms with E-state index in [0.717, 1.165) is 37.4 Å². The molecule has 1 aromatic heterocycles. The first-order chi connectivity index (χ1) is 15.4. The van der Waals surface area contributed by atoms with Crippen molar-refractivity contribution >= 4 is 57.8 Å². The fourth-order valence-electron chi connectivity index (χ4n) is 3.56. The highest BCUT2D eigenvalue weighted by atomic mass is 35.5. The summed E-state index contributed by atoms with van der Waals surface area (Å²) in [5.74, 6) is -0.269. The van der Waals surface area contributed by atoms with Gasteiger partial charge < -0.3 is 10.2 Å². The minimum Gasteiger partial charge on any atom is -0.346 e. The summed E-state index contributed by atoms with van der Waals surface area (Å²) in [4.78, 5) is 4.28. The SMILES string of the molecule is Fc1cccc(Cl)c1CN1CCN(C(=S)Nc2cnn(Cc3ccc(Cl)cc3Cl)c2)CC1. The summed E-state index contributed by atoms with van der Waals surface area (Å²) in [7, 11) is 0. The van der Waals surface area contributed by atoms with Crippen molar-refractivity contribution in [3.63, 3.8) is 0 Å². The van der Waals surface area contributed by atoms with Crippen molar-refractivity contribution in [1.82, 2.24) is 19.6 Å². The van der Waals surface area contributed by atoms with Gasteiger partial charge in [-0.2, -0.15) is 5.10 Å². The van der Waals surface area contributed by atoms with Gasteiger partial charge in [0.1, 0.15) is 5.82 Å². The average molecular weight is 513 g/mol. The van der Waals surface area contributed by atoms with Gasteiger partial charge in [-0.3, -0.25) is 9.58 Å². The topological polar surface area (TPSA) is 36.3 Å². The van der Waals surface area contributed by atoms with Crippen LogP contribution in [0.1, 0.15) is 11.1 Å². The van der Waals surface area contributed by atoms with Crippen LogP contribution in [0.5, 0.6) is 0 Å². The smallest absolute Gasteiger partial charge is 0.173 e. The second-order valence-corrected chi connectivity index (χ2v) is 9.19. The lowest BCUT2D eigenvalue weighted by atomic mass is 10.2. The molecule has 1 aliphatic heterocycles. The van der Waals surface area contributed by atoms with Crippen LogP contribution in [0.4, 0.5) is 10.1 Å². The maximum atomic E-state index is 14.1. The third kappa shape index (κ3) is 5.71. The van der Waals surface area contributed by atoms with Crippen LogP contribution in [-0.2, 0) is 13.1 Å². The molecule has 0 radical (unpaired) electrons. The molecule has 1 fully saturated rings. The maximum Gasteiger partial charge on any atom is 0.173 e. The molecule has 1 aliphatic rings. The second kappa shape index (κ2) is 10.4. The number of nitrogens with zero attached hydrogens (tertiary/aromatic N) is 4. The summed E-state index contributed by atoms with van der Waals surface area (Å²) in [5, 5.41) is 9.92. The molecule has 168 valence electrons. The number of anilines is 1. The van der Waals surface area contributed by atoms with Crippen LogP contribution >= 0.6 is 47.0 Å². The molecule has 10 heteroatoms. The van der Waals surface area contributed by atoms with Crippen molar-refractivity contribution in [2.45, 2.75) is 13.1 Å². The molecule has 0 unspecified atom stereocenters. The summed E-state index contributed by atoms with van der Waals surface area (Å²) in [6.45, 7) is 4.03. The zero-order valence-electron chi connectivity index (χ0n) is 17.1. The van der Waals surface area contributed by atoms with E-state index >= 15 is 0 Å². The minimum absolute atomic E-state index is 0.269. The molecule has 2 aromatic carbocycles. The van der Waals surface area contributed by atoms with Gasteiger partial charge in [0.2, 0.25) is 0 Å². The third-order valence-corrected chi connectivity index (χ3v) is 6.64. The Hall–Kier alpha value is -1.90. The lowest BCUT2D eigenvalue weighted by Crippen LogP contribution is -2.49. The van der Waals surface area contributed by atoms with E-state index in [1.807, 2.05) is 12.3 Å². The van der Waals surface area contributed by atoms with Crippen molar-refractivity contribution in [3.8, 4) is 0 Å². The van der Waals surface area contributed by atoms with Gasteiger partial charge in [-0.15, -0.1) is 0 Å². The molecule has 3 aromatic rings. The Morgan fingerprint density at radius 3 is 2.53 bits per heavy atom. The Balaban J connectivity index is 1.29. The Labute approximate surface area is 206 Å². The van der Waals surface area contributed by atoms with Crippen LogP contribution in [0.3, 0.4) is 0 Å². The van der Waals surface area contributed by atoms with Gasteiger partial charge in [0.15, 0.2) is 5.11 Å². The molecule has 0 atom stereocenters. The first-order valence-electron chi connectivity index (χ1n) is 10.1. The normalized spacial score (nSPS) is 14.6. The number of hydrogen-bond donors (Lipinski definition) is 1. The van der Waals surface area contributed by atoms with Crippen molar-refractivity contribution in [2.24, 2.45) is 0 Å². The van der Waals surface area contributed by atoms with Crippen molar-refractivity contribution in [1.29, 1.82) is 0 Å². The molecule has 0 spiro atoms. The first kappa shape index (κ1) is 23.3. The lowest BCUT2D eigenvalue weighted by molar-refractivity contribution is 0.175. The van der Waals surface area contributed by atoms with Crippen LogP contribution < -0.4 is 5.32 Å². The number of hydrogen-bond acceptors (Lipinski definition) is 3. The van der Waals surface area contributed by atoms with Crippen LogP contribution in [0.15, 0.2) is 48.8 Å². The molecular formula is C22H21Cl3FN5S. The highest BCUT2D eigenvalue weighted by Gasteiger charge is 2.21. The first-order valence-corrected chi connectivity index (χ1v) is 11.6. The number of halogens is 4. The van der Waals surface area contributed by atoms with Gasteiger partial charge in [0.05, 0.1) is 18.4 Å². The summed E-state index contributed by atoms with van der Waals surface area (Å²) in [5.41, 5.74) is 2.27. The van der Waals surface area contributed by atoms with E-state index in [-0.39, 0.29) is 5.82 Å². The number of rotatable bonds is 5. The number of piperazine rings is 1. The molecule has 1 saturated heterocycles. The van der Waals surface area contributed by atoms with Crippen molar-refractivity contribution < 1.29 is 4.39 Å². The minimum atomic E-state index is -0.269. The average Bonchev–Trinajstić information content (AvgIpc) is 3.20. The Bertz CT molecular complexity index is 1090. The summed E-state index contributed by atoms with van der Waals surface area (Å²) < 4.78 is 15.8. The second-order valence-electron chi connectivity index (χ2n) is 7.56. The zero-order valence-corrected chi connectivity index (χ0v) is 20.2. The van der Waals surface area contributed by atoms with Crippen molar-refractivity contribution in [3.05, 3.63) is 80.8 Å². The van der Waals surface area contributed by atoms with Gasteiger partial charge in [0.25, 0.3) is 0 Å². The Morgan fingerprint density at radius 2 is 1.81 bits per heavy atom. The highest BCUT2D eigenvalue weighted by Crippen LogP contribution is 2.23. The molecule has 32 heavy (non-hydrogen) atoms. The van der Waals surface area contributed by atoms with Gasteiger partial charge in [-0.1, -0.05) is 46.9 Å². The largest absolute Gasteiger partial charge is 0.346 e. The predicted octanol–water partition coefficient (Wildman–Crippen LogP) is 5.55. The number of benzene rings is 2. The van der Waals surface area contributed by atoms with E-state index in [1.54, 1.807) is 35.1 Å². The summed E-state index contributed by atoms with van der Waals surface area (Å²) in [6, 6.07) is 10.2. The van der Waals surface area contributed by atoms with E-state index < -0.39 is 0 Å². The van der Waals surface area contributed by atoms with Gasteiger partial charge >= 0.3 is 0 Å². The maximum absolute atomic E-state index is 14.1. The van der Waals surface area contributed by atoms with Crippen LogP contribution in [0.25, 0.3) is 0 Å². The number of nitrogens with one attached hydrogen (secondary N) is 1. The predicted molar refractivity (Wildman–Crippen MR) is 132 cm³/mol. The van der Waals surface area contributed by atoms with E-state index in [1.165, 1.54) is 6.07 Å². The Morgan fingerprint density at radius 1 is 1.03 bits per heavy atom. The standard InChI is InChI=1S/C22H21Cl3FN5S/c23-16-5-4-15(20(25)10-16)12-31-13-17(11-27-31)28-22(32)30-8-6-29(7-9-30)14-18-19(24)2-1-3-21(18)26/h1-5,10-11,13H,6-9,12,14H2,(H,28,32). The number of thiocarbonyl (C=S) groups is 1. The van der Waals surface area contributed by atoms with Gasteiger partial charge in [-0.05, 0) is 42.0 Å². The molecule has 5 nitrogen and oxygen atoms in total. The van der Waals surface area contributed by atoms with Crippen molar-refractivity contribution in [2.75, 3.05) is 31.5 Å². The molecule has 0 amide bonds. The molecule has 0 bridgehead atoms. The zero-order chi connectivity index (χ0) is 22.7. The summed E-state index contributed by atoms with van der Waals surface area (Å²) in [6.07, 6.45) is 3.61. The van der Waals surface area contributed by atoms with E-state index in [2.05, 4.69) is 20.2 Å². The van der Waals surface area contributed by atoms with Gasteiger partial charge in [0, 0.05) is 59.6 Å². The van der Waals surface area contributed by atoms with Crippen LogP contribution in [0, 0.1) is 5.82 Å². The molecule has 0 aliphatic carbocycles. The number of aromatic nitrogens is 2.